The lowest BCUT2D eigenvalue weighted by molar-refractivity contribution is -0.148. The summed E-state index contributed by atoms with van der Waals surface area (Å²) in [6.45, 7) is 3.81. The van der Waals surface area contributed by atoms with E-state index in [0.717, 1.165) is 51.9 Å². The highest BCUT2D eigenvalue weighted by Gasteiger charge is 2.32. The zero-order chi connectivity index (χ0) is 15.4. The Morgan fingerprint density at radius 2 is 1.74 bits per heavy atom. The molecule has 2 aliphatic heterocycles. The summed E-state index contributed by atoms with van der Waals surface area (Å²) in [4.78, 5) is 28.7. The minimum absolute atomic E-state index is 0. The summed E-state index contributed by atoms with van der Waals surface area (Å²) in [5.74, 6) is 0.848. The van der Waals surface area contributed by atoms with Gasteiger partial charge in [0.2, 0.25) is 11.8 Å². The van der Waals surface area contributed by atoms with Gasteiger partial charge in [0.25, 0.3) is 0 Å². The van der Waals surface area contributed by atoms with Crippen molar-refractivity contribution in [1.29, 1.82) is 0 Å². The lowest BCUT2D eigenvalue weighted by Gasteiger charge is -2.41. The van der Waals surface area contributed by atoms with Crippen LogP contribution < -0.4 is 5.32 Å². The second-order valence-electron chi connectivity index (χ2n) is 7.09. The summed E-state index contributed by atoms with van der Waals surface area (Å²) in [7, 11) is 0. The number of nitrogens with one attached hydrogen (secondary N) is 1. The fraction of sp³-hybridized carbons (Fsp3) is 0.882. The smallest absolute Gasteiger partial charge is 0.242 e. The van der Waals surface area contributed by atoms with Gasteiger partial charge in [-0.1, -0.05) is 19.3 Å². The van der Waals surface area contributed by atoms with Crippen molar-refractivity contribution in [3.63, 3.8) is 0 Å². The number of nitrogens with zero attached hydrogens (tertiary/aromatic N) is 2. The van der Waals surface area contributed by atoms with Crippen molar-refractivity contribution in [3.8, 4) is 0 Å². The molecule has 6 heteroatoms. The maximum atomic E-state index is 12.4. The van der Waals surface area contributed by atoms with E-state index < -0.39 is 0 Å². The first-order chi connectivity index (χ1) is 10.7. The number of piperazine rings is 1. The summed E-state index contributed by atoms with van der Waals surface area (Å²) in [6, 6.07) is 0.433. The quantitative estimate of drug-likeness (QED) is 0.850. The Hall–Kier alpha value is -0.810. The minimum atomic E-state index is 0. The normalized spacial score (nSPS) is 24.4. The van der Waals surface area contributed by atoms with Gasteiger partial charge in [-0.15, -0.1) is 12.4 Å². The largest absolute Gasteiger partial charge is 0.336 e. The molecule has 23 heavy (non-hydrogen) atoms. The topological polar surface area (TPSA) is 52.7 Å². The number of carbonyl (C=O) groups excluding carboxylic acids is 2. The van der Waals surface area contributed by atoms with Crippen LogP contribution in [-0.4, -0.2) is 60.4 Å². The summed E-state index contributed by atoms with van der Waals surface area (Å²) in [5.41, 5.74) is 0. The van der Waals surface area contributed by atoms with Crippen LogP contribution in [0.5, 0.6) is 0 Å². The number of hydrogen-bond donors (Lipinski definition) is 1. The van der Waals surface area contributed by atoms with Crippen LogP contribution in [0.2, 0.25) is 0 Å². The molecule has 2 amide bonds. The number of piperidine rings is 1. The molecule has 0 bridgehead atoms. The molecule has 0 aromatic heterocycles. The van der Waals surface area contributed by atoms with Crippen LogP contribution >= 0.6 is 12.4 Å². The highest BCUT2D eigenvalue weighted by Crippen LogP contribution is 2.24. The van der Waals surface area contributed by atoms with E-state index in [4.69, 9.17) is 0 Å². The SMILES string of the molecule is Cl.O=C(CC1CCNCC1)N1CCN(C2CCCCC2)C(=O)C1. The molecule has 0 aromatic carbocycles. The van der Waals surface area contributed by atoms with E-state index in [1.165, 1.54) is 19.3 Å². The van der Waals surface area contributed by atoms with E-state index in [1.807, 2.05) is 4.90 Å². The van der Waals surface area contributed by atoms with Gasteiger partial charge in [-0.3, -0.25) is 9.59 Å². The van der Waals surface area contributed by atoms with Gasteiger partial charge in [0.1, 0.15) is 0 Å². The highest BCUT2D eigenvalue weighted by molar-refractivity contribution is 5.86. The number of halogens is 1. The third kappa shape index (κ3) is 4.83. The van der Waals surface area contributed by atoms with Crippen molar-refractivity contribution in [2.75, 3.05) is 32.7 Å². The Kier molecular flexibility index (Phi) is 7.15. The predicted molar refractivity (Wildman–Crippen MR) is 92.6 cm³/mol. The van der Waals surface area contributed by atoms with Gasteiger partial charge in [-0.25, -0.2) is 0 Å². The summed E-state index contributed by atoms with van der Waals surface area (Å²) < 4.78 is 0. The van der Waals surface area contributed by atoms with Crippen LogP contribution in [0.3, 0.4) is 0 Å². The Morgan fingerprint density at radius 3 is 2.39 bits per heavy atom. The molecule has 0 aromatic rings. The van der Waals surface area contributed by atoms with Crippen LogP contribution in [0, 0.1) is 5.92 Å². The molecular formula is C17H30ClN3O2. The van der Waals surface area contributed by atoms with Gasteiger partial charge in [0.05, 0.1) is 6.54 Å². The van der Waals surface area contributed by atoms with E-state index >= 15 is 0 Å². The first-order valence-corrected chi connectivity index (χ1v) is 9.02. The molecule has 132 valence electrons. The molecular weight excluding hydrogens is 314 g/mol. The van der Waals surface area contributed by atoms with Crippen molar-refractivity contribution in [2.24, 2.45) is 5.92 Å². The van der Waals surface area contributed by atoms with Crippen molar-refractivity contribution in [1.82, 2.24) is 15.1 Å². The lowest BCUT2D eigenvalue weighted by atomic mass is 9.93. The van der Waals surface area contributed by atoms with Gasteiger partial charge in [0, 0.05) is 25.6 Å². The van der Waals surface area contributed by atoms with Crippen LogP contribution in [0.4, 0.5) is 0 Å². The predicted octanol–water partition coefficient (Wildman–Crippen LogP) is 1.80. The Labute approximate surface area is 145 Å². The zero-order valence-electron chi connectivity index (χ0n) is 14.0. The van der Waals surface area contributed by atoms with Crippen molar-refractivity contribution >= 4 is 24.2 Å². The minimum Gasteiger partial charge on any atom is -0.336 e. The number of rotatable bonds is 3. The maximum absolute atomic E-state index is 12.4. The lowest BCUT2D eigenvalue weighted by Crippen LogP contribution is -2.56. The third-order valence-corrected chi connectivity index (χ3v) is 5.55. The van der Waals surface area contributed by atoms with Crippen molar-refractivity contribution in [3.05, 3.63) is 0 Å². The van der Waals surface area contributed by atoms with Gasteiger partial charge < -0.3 is 15.1 Å². The summed E-state index contributed by atoms with van der Waals surface area (Å²) in [5, 5.41) is 3.33. The third-order valence-electron chi connectivity index (χ3n) is 5.55. The first-order valence-electron chi connectivity index (χ1n) is 9.02. The average Bonchev–Trinajstić information content (AvgIpc) is 2.56. The van der Waals surface area contributed by atoms with Crippen molar-refractivity contribution in [2.45, 2.75) is 57.4 Å². The Morgan fingerprint density at radius 1 is 1.04 bits per heavy atom. The van der Waals surface area contributed by atoms with Crippen LogP contribution in [-0.2, 0) is 9.59 Å². The molecule has 5 nitrogen and oxygen atoms in total. The molecule has 0 atom stereocenters. The van der Waals surface area contributed by atoms with E-state index in [0.29, 0.717) is 24.9 Å². The second kappa shape index (κ2) is 8.88. The van der Waals surface area contributed by atoms with Gasteiger partial charge in [-0.05, 0) is 44.7 Å². The molecule has 0 spiro atoms. The molecule has 0 unspecified atom stereocenters. The average molecular weight is 344 g/mol. The Balaban J connectivity index is 0.00000192. The Bertz CT molecular complexity index is 405. The van der Waals surface area contributed by atoms with Crippen LogP contribution in [0.15, 0.2) is 0 Å². The van der Waals surface area contributed by atoms with E-state index in [-0.39, 0.29) is 24.2 Å². The van der Waals surface area contributed by atoms with Crippen molar-refractivity contribution < 1.29 is 9.59 Å². The first kappa shape index (κ1) is 18.5. The molecule has 3 fully saturated rings. The monoisotopic (exact) mass is 343 g/mol. The standard InChI is InChI=1S/C17H29N3O2.ClH/c21-16(12-14-6-8-18-9-7-14)19-10-11-20(17(22)13-19)15-4-2-1-3-5-15;/h14-15,18H,1-13H2;1H. The molecule has 1 aliphatic carbocycles. The summed E-state index contributed by atoms with van der Waals surface area (Å²) in [6.07, 6.45) is 8.88. The number of amides is 2. The molecule has 3 aliphatic rings. The molecule has 1 N–H and O–H groups in total. The van der Waals surface area contributed by atoms with E-state index in [2.05, 4.69) is 5.32 Å². The van der Waals surface area contributed by atoms with Gasteiger partial charge in [-0.2, -0.15) is 0 Å². The van der Waals surface area contributed by atoms with Gasteiger partial charge in [0.15, 0.2) is 0 Å². The highest BCUT2D eigenvalue weighted by atomic mass is 35.5. The molecule has 1 saturated carbocycles. The molecule has 0 radical (unpaired) electrons. The van der Waals surface area contributed by atoms with Crippen LogP contribution in [0.25, 0.3) is 0 Å². The fourth-order valence-electron chi connectivity index (χ4n) is 4.14. The van der Waals surface area contributed by atoms with Crippen LogP contribution in [0.1, 0.15) is 51.4 Å². The molecule has 2 heterocycles. The number of hydrogen-bond acceptors (Lipinski definition) is 3. The molecule has 3 rings (SSSR count). The maximum Gasteiger partial charge on any atom is 0.242 e. The zero-order valence-corrected chi connectivity index (χ0v) is 14.8. The van der Waals surface area contributed by atoms with E-state index in [1.54, 1.807) is 4.90 Å². The summed E-state index contributed by atoms with van der Waals surface area (Å²) >= 11 is 0. The molecule has 2 saturated heterocycles. The second-order valence-corrected chi connectivity index (χ2v) is 7.09. The van der Waals surface area contributed by atoms with Gasteiger partial charge >= 0.3 is 0 Å². The van der Waals surface area contributed by atoms with E-state index in [9.17, 15) is 9.59 Å². The number of carbonyl (C=O) groups is 2. The fourth-order valence-corrected chi connectivity index (χ4v) is 4.14.